The van der Waals surface area contributed by atoms with Gasteiger partial charge in [0.1, 0.15) is 5.82 Å². The number of rotatable bonds is 6. The lowest BCUT2D eigenvalue weighted by molar-refractivity contribution is -0.116. The van der Waals surface area contributed by atoms with E-state index in [0.29, 0.717) is 23.5 Å². The van der Waals surface area contributed by atoms with Crippen LogP contribution in [0.25, 0.3) is 16.8 Å². The molecule has 0 spiro atoms. The van der Waals surface area contributed by atoms with Crippen molar-refractivity contribution in [1.82, 2.24) is 15.0 Å². The highest BCUT2D eigenvalue weighted by Crippen LogP contribution is 2.27. The molecule has 0 aliphatic heterocycles. The molecule has 0 aliphatic carbocycles. The summed E-state index contributed by atoms with van der Waals surface area (Å²) in [6.45, 7) is 0. The number of aromatic nitrogens is 3. The minimum atomic E-state index is -0.301. The molecule has 3 aromatic carbocycles. The van der Waals surface area contributed by atoms with E-state index in [2.05, 4.69) is 31.6 Å². The van der Waals surface area contributed by atoms with Crippen molar-refractivity contribution in [3.63, 3.8) is 0 Å². The maximum Gasteiger partial charge on any atom is 0.224 e. The van der Waals surface area contributed by atoms with E-state index in [9.17, 15) is 9.18 Å². The quantitative estimate of drug-likeness (QED) is 0.381. The third kappa shape index (κ3) is 5.16. The zero-order chi connectivity index (χ0) is 21.8. The monoisotopic (exact) mass is 479 g/mol. The highest BCUT2D eigenvalue weighted by atomic mass is 79.9. The van der Waals surface area contributed by atoms with Crippen molar-refractivity contribution in [3.8, 4) is 16.8 Å². The molecule has 4 rings (SSSR count). The number of nitrogen functional groups attached to an aromatic ring is 1. The SMILES string of the molecule is Nc1ccc(-c2ccc(F)cc2)cc1NC(=O)CCc1cn(-c2ccc(Br)cc2)nn1. The Hall–Kier alpha value is -3.52. The van der Waals surface area contributed by atoms with Gasteiger partial charge in [0.2, 0.25) is 5.91 Å². The molecule has 0 saturated heterocycles. The molecule has 1 heterocycles. The van der Waals surface area contributed by atoms with Gasteiger partial charge in [0, 0.05) is 17.3 Å². The Bertz CT molecular complexity index is 1210. The van der Waals surface area contributed by atoms with E-state index < -0.39 is 0 Å². The van der Waals surface area contributed by atoms with Gasteiger partial charge in [-0.25, -0.2) is 9.07 Å². The second-order valence-corrected chi connectivity index (χ2v) is 7.90. The van der Waals surface area contributed by atoms with Crippen LogP contribution in [-0.2, 0) is 11.2 Å². The van der Waals surface area contributed by atoms with Gasteiger partial charge in [-0.3, -0.25) is 4.79 Å². The molecular formula is C23H19BrFN5O. The Labute approximate surface area is 187 Å². The third-order valence-electron chi connectivity index (χ3n) is 4.75. The summed E-state index contributed by atoms with van der Waals surface area (Å²) >= 11 is 3.40. The van der Waals surface area contributed by atoms with Crippen molar-refractivity contribution in [3.05, 3.63) is 88.9 Å². The zero-order valence-electron chi connectivity index (χ0n) is 16.4. The first-order chi connectivity index (χ1) is 15.0. The number of nitrogens with one attached hydrogen (secondary N) is 1. The molecule has 0 radical (unpaired) electrons. The second kappa shape index (κ2) is 9.09. The van der Waals surface area contributed by atoms with Crippen molar-refractivity contribution >= 4 is 33.2 Å². The molecule has 4 aromatic rings. The minimum absolute atomic E-state index is 0.179. The van der Waals surface area contributed by atoms with Gasteiger partial charge in [0.05, 0.1) is 29.0 Å². The molecule has 0 fully saturated rings. The van der Waals surface area contributed by atoms with E-state index >= 15 is 0 Å². The number of nitrogens with two attached hydrogens (primary N) is 1. The van der Waals surface area contributed by atoms with Crippen molar-refractivity contribution in [2.24, 2.45) is 0 Å². The fourth-order valence-electron chi connectivity index (χ4n) is 3.07. The standard InChI is InChI=1S/C23H19BrFN5O/c24-17-4-9-20(10-5-17)30-14-19(28-29-30)8-12-23(31)27-22-13-16(3-11-21(22)26)15-1-6-18(25)7-2-15/h1-7,9-11,13-14H,8,12,26H2,(H,27,31). The highest BCUT2D eigenvalue weighted by molar-refractivity contribution is 9.10. The summed E-state index contributed by atoms with van der Waals surface area (Å²) in [5.74, 6) is -0.481. The fourth-order valence-corrected chi connectivity index (χ4v) is 3.34. The predicted molar refractivity (Wildman–Crippen MR) is 122 cm³/mol. The summed E-state index contributed by atoms with van der Waals surface area (Å²) < 4.78 is 15.8. The Morgan fingerprint density at radius 3 is 2.48 bits per heavy atom. The van der Waals surface area contributed by atoms with E-state index in [1.807, 2.05) is 30.3 Å². The number of anilines is 2. The lowest BCUT2D eigenvalue weighted by Gasteiger charge is -2.10. The Morgan fingerprint density at radius 2 is 1.74 bits per heavy atom. The normalized spacial score (nSPS) is 10.8. The van der Waals surface area contributed by atoms with Gasteiger partial charge in [-0.2, -0.15) is 0 Å². The minimum Gasteiger partial charge on any atom is -0.397 e. The van der Waals surface area contributed by atoms with Gasteiger partial charge in [0.15, 0.2) is 0 Å². The second-order valence-electron chi connectivity index (χ2n) is 6.99. The predicted octanol–water partition coefficient (Wildman–Crippen LogP) is 4.99. The van der Waals surface area contributed by atoms with Crippen LogP contribution in [0.2, 0.25) is 0 Å². The lowest BCUT2D eigenvalue weighted by atomic mass is 10.0. The molecule has 8 heteroatoms. The van der Waals surface area contributed by atoms with Crippen LogP contribution in [0.4, 0.5) is 15.8 Å². The van der Waals surface area contributed by atoms with E-state index in [4.69, 9.17) is 5.73 Å². The van der Waals surface area contributed by atoms with Gasteiger partial charge in [-0.15, -0.1) is 5.10 Å². The van der Waals surface area contributed by atoms with Crippen LogP contribution in [0.5, 0.6) is 0 Å². The molecule has 0 aliphatic rings. The lowest BCUT2D eigenvalue weighted by Crippen LogP contribution is -2.13. The number of carbonyl (C=O) groups is 1. The van der Waals surface area contributed by atoms with E-state index in [1.165, 1.54) is 12.1 Å². The molecule has 0 unspecified atom stereocenters. The van der Waals surface area contributed by atoms with Crippen LogP contribution in [0.15, 0.2) is 77.4 Å². The molecular weight excluding hydrogens is 461 g/mol. The summed E-state index contributed by atoms with van der Waals surface area (Å²) in [4.78, 5) is 12.5. The first-order valence-corrected chi connectivity index (χ1v) is 10.4. The first-order valence-electron chi connectivity index (χ1n) is 9.60. The van der Waals surface area contributed by atoms with Crippen LogP contribution in [0, 0.1) is 5.82 Å². The molecule has 156 valence electrons. The number of halogens is 2. The highest BCUT2D eigenvalue weighted by Gasteiger charge is 2.10. The van der Waals surface area contributed by atoms with Gasteiger partial charge in [-0.05, 0) is 59.7 Å². The number of benzene rings is 3. The number of amides is 1. The maximum atomic E-state index is 13.2. The molecule has 0 bridgehead atoms. The molecule has 3 N–H and O–H groups in total. The summed E-state index contributed by atoms with van der Waals surface area (Å²) in [6, 6.07) is 19.2. The van der Waals surface area contributed by atoms with Gasteiger partial charge in [0.25, 0.3) is 0 Å². The number of nitrogens with zero attached hydrogens (tertiary/aromatic N) is 3. The molecule has 1 amide bonds. The fraction of sp³-hybridized carbons (Fsp3) is 0.0870. The third-order valence-corrected chi connectivity index (χ3v) is 5.27. The summed E-state index contributed by atoms with van der Waals surface area (Å²) in [7, 11) is 0. The van der Waals surface area contributed by atoms with Crippen LogP contribution in [0.1, 0.15) is 12.1 Å². The summed E-state index contributed by atoms with van der Waals surface area (Å²) in [5.41, 5.74) is 10.3. The molecule has 0 saturated carbocycles. The number of aryl methyl sites for hydroxylation is 1. The number of hydrogen-bond acceptors (Lipinski definition) is 4. The van der Waals surface area contributed by atoms with Crippen LogP contribution < -0.4 is 11.1 Å². The van der Waals surface area contributed by atoms with Gasteiger partial charge >= 0.3 is 0 Å². The van der Waals surface area contributed by atoms with Crippen LogP contribution in [-0.4, -0.2) is 20.9 Å². The Balaban J connectivity index is 1.39. The maximum absolute atomic E-state index is 13.2. The zero-order valence-corrected chi connectivity index (χ0v) is 18.0. The largest absolute Gasteiger partial charge is 0.397 e. The van der Waals surface area contributed by atoms with E-state index in [1.54, 1.807) is 35.1 Å². The number of hydrogen-bond donors (Lipinski definition) is 2. The first kappa shape index (κ1) is 20.7. The van der Waals surface area contributed by atoms with Crippen molar-refractivity contribution < 1.29 is 9.18 Å². The van der Waals surface area contributed by atoms with Crippen molar-refractivity contribution in [2.45, 2.75) is 12.8 Å². The molecule has 31 heavy (non-hydrogen) atoms. The Kier molecular flexibility index (Phi) is 6.08. The molecule has 1 aromatic heterocycles. The average molecular weight is 480 g/mol. The average Bonchev–Trinajstić information content (AvgIpc) is 3.24. The summed E-state index contributed by atoms with van der Waals surface area (Å²) in [6.07, 6.45) is 2.49. The van der Waals surface area contributed by atoms with E-state index in [0.717, 1.165) is 21.3 Å². The van der Waals surface area contributed by atoms with Crippen molar-refractivity contribution in [2.75, 3.05) is 11.1 Å². The van der Waals surface area contributed by atoms with Crippen molar-refractivity contribution in [1.29, 1.82) is 0 Å². The number of carbonyl (C=O) groups excluding carboxylic acids is 1. The smallest absolute Gasteiger partial charge is 0.224 e. The van der Waals surface area contributed by atoms with Crippen LogP contribution >= 0.6 is 15.9 Å². The topological polar surface area (TPSA) is 85.8 Å². The molecule has 6 nitrogen and oxygen atoms in total. The van der Waals surface area contributed by atoms with E-state index in [-0.39, 0.29) is 18.1 Å². The van der Waals surface area contributed by atoms with Gasteiger partial charge < -0.3 is 11.1 Å². The van der Waals surface area contributed by atoms with Gasteiger partial charge in [-0.1, -0.05) is 39.3 Å². The summed E-state index contributed by atoms with van der Waals surface area (Å²) in [5, 5.41) is 11.1. The molecule has 0 atom stereocenters. The Morgan fingerprint density at radius 1 is 1.03 bits per heavy atom. The van der Waals surface area contributed by atoms with Crippen LogP contribution in [0.3, 0.4) is 0 Å².